The van der Waals surface area contributed by atoms with Gasteiger partial charge in [0.2, 0.25) is 11.9 Å². The van der Waals surface area contributed by atoms with Crippen LogP contribution >= 0.6 is 0 Å². The van der Waals surface area contributed by atoms with Crippen molar-refractivity contribution < 1.29 is 18.3 Å². The number of imidazole rings is 1. The van der Waals surface area contributed by atoms with E-state index in [0.29, 0.717) is 74.4 Å². The SMILES string of the molecule is CCC(CCC(C#N)NC(=O)CCc1ccc(C#N)cc1)Nc1nc(N2CCOCC2)cc(-n2c(C(F)F)nc3ccccc32)n1. The fraction of sp³-hybridized carbons (Fsp3) is 0.394. The van der Waals surface area contributed by atoms with Gasteiger partial charge in [-0.05, 0) is 55.5 Å². The number of halogens is 2. The predicted molar refractivity (Wildman–Crippen MR) is 169 cm³/mol. The van der Waals surface area contributed by atoms with Crippen LogP contribution in [0.1, 0.15) is 56.0 Å². The van der Waals surface area contributed by atoms with Crippen molar-refractivity contribution in [1.29, 1.82) is 10.5 Å². The summed E-state index contributed by atoms with van der Waals surface area (Å²) in [6.07, 6.45) is -0.525. The third-order valence-electron chi connectivity index (χ3n) is 7.89. The molecule has 2 N–H and O–H groups in total. The minimum absolute atomic E-state index is 0.159. The van der Waals surface area contributed by atoms with Crippen LogP contribution in [-0.2, 0) is 16.0 Å². The second-order valence-electron chi connectivity index (χ2n) is 11.0. The minimum Gasteiger partial charge on any atom is -0.378 e. The number of hydrogen-bond acceptors (Lipinski definition) is 9. The third kappa shape index (κ3) is 7.92. The van der Waals surface area contributed by atoms with Gasteiger partial charge < -0.3 is 20.3 Å². The molecule has 0 bridgehead atoms. The molecular weight excluding hydrogens is 592 g/mol. The Morgan fingerprint density at radius 2 is 1.76 bits per heavy atom. The first-order valence-electron chi connectivity index (χ1n) is 15.3. The summed E-state index contributed by atoms with van der Waals surface area (Å²) in [4.78, 5) is 28.2. The maximum atomic E-state index is 14.2. The van der Waals surface area contributed by atoms with Gasteiger partial charge >= 0.3 is 0 Å². The second kappa shape index (κ2) is 15.2. The smallest absolute Gasteiger partial charge is 0.296 e. The number of rotatable bonds is 13. The predicted octanol–water partition coefficient (Wildman–Crippen LogP) is 5.07. The third-order valence-corrected chi connectivity index (χ3v) is 7.89. The Hall–Kier alpha value is -5.14. The first-order valence-corrected chi connectivity index (χ1v) is 15.3. The van der Waals surface area contributed by atoms with Gasteiger partial charge in [0.05, 0.1) is 41.9 Å². The molecule has 5 rings (SSSR count). The molecule has 238 valence electrons. The molecule has 1 saturated heterocycles. The minimum atomic E-state index is -2.82. The quantitative estimate of drug-likeness (QED) is 0.207. The lowest BCUT2D eigenvalue weighted by atomic mass is 10.0. The molecule has 0 radical (unpaired) electrons. The summed E-state index contributed by atoms with van der Waals surface area (Å²) >= 11 is 0. The van der Waals surface area contributed by atoms with E-state index in [1.807, 2.05) is 24.0 Å². The highest BCUT2D eigenvalue weighted by molar-refractivity contribution is 5.78. The number of para-hydroxylation sites is 2. The number of anilines is 2. The monoisotopic (exact) mass is 627 g/mol. The second-order valence-corrected chi connectivity index (χ2v) is 11.0. The number of nitriles is 2. The summed E-state index contributed by atoms with van der Waals surface area (Å²) < 4.78 is 35.3. The average molecular weight is 628 g/mol. The molecule has 0 spiro atoms. The number of alkyl halides is 2. The molecule has 1 aliphatic rings. The number of benzene rings is 2. The molecule has 13 heteroatoms. The summed E-state index contributed by atoms with van der Waals surface area (Å²) in [5.41, 5.74) is 2.43. The molecule has 2 atom stereocenters. The zero-order valence-electron chi connectivity index (χ0n) is 25.5. The number of hydrogen-bond donors (Lipinski definition) is 2. The molecule has 3 heterocycles. The Balaban J connectivity index is 1.30. The highest BCUT2D eigenvalue weighted by Gasteiger charge is 2.24. The van der Waals surface area contributed by atoms with Crippen molar-refractivity contribution in [2.75, 3.05) is 36.5 Å². The average Bonchev–Trinajstić information content (AvgIpc) is 3.49. The lowest BCUT2D eigenvalue weighted by Crippen LogP contribution is -2.37. The zero-order valence-corrected chi connectivity index (χ0v) is 25.5. The molecule has 11 nitrogen and oxygen atoms in total. The normalized spacial score (nSPS) is 14.4. The number of morpholine rings is 1. The standard InChI is InChI=1S/C33H35F2N9O2/c1-2-24(12-13-25(21-37)38-30(45)14-11-22-7-9-23(20-36)10-8-22)39-33-41-28(43-15-17-46-18-16-43)19-29(42-33)44-27-6-4-3-5-26(27)40-32(44)31(34)35/h3-10,19,24-25,31H,2,11-18H2,1H3,(H,38,45)(H,39,41,42). The number of carbonyl (C=O) groups excluding carboxylic acids is 1. The largest absolute Gasteiger partial charge is 0.378 e. The van der Waals surface area contributed by atoms with Gasteiger partial charge in [-0.25, -0.2) is 13.8 Å². The van der Waals surface area contributed by atoms with E-state index in [1.165, 1.54) is 4.57 Å². The number of nitrogens with zero attached hydrogens (tertiary/aromatic N) is 7. The maximum Gasteiger partial charge on any atom is 0.296 e. The van der Waals surface area contributed by atoms with Gasteiger partial charge in [0.1, 0.15) is 17.7 Å². The number of amides is 1. The van der Waals surface area contributed by atoms with Crippen LogP contribution in [-0.4, -0.2) is 63.8 Å². The van der Waals surface area contributed by atoms with E-state index in [4.69, 9.17) is 15.0 Å². The lowest BCUT2D eigenvalue weighted by Gasteiger charge is -2.29. The van der Waals surface area contributed by atoms with Crippen LogP contribution < -0.4 is 15.5 Å². The molecule has 1 fully saturated rings. The summed E-state index contributed by atoms with van der Waals surface area (Å²) in [5, 5.41) is 24.9. The molecule has 1 aliphatic heterocycles. The van der Waals surface area contributed by atoms with E-state index in [1.54, 1.807) is 42.5 Å². The van der Waals surface area contributed by atoms with Crippen LogP contribution in [0.15, 0.2) is 54.6 Å². The Bertz CT molecular complexity index is 1720. The van der Waals surface area contributed by atoms with Crippen molar-refractivity contribution >= 4 is 28.7 Å². The zero-order chi connectivity index (χ0) is 32.5. The highest BCUT2D eigenvalue weighted by atomic mass is 19.3. The van der Waals surface area contributed by atoms with Gasteiger partial charge in [-0.15, -0.1) is 0 Å². The van der Waals surface area contributed by atoms with Crippen LogP contribution in [0.3, 0.4) is 0 Å². The molecule has 0 saturated carbocycles. The highest BCUT2D eigenvalue weighted by Crippen LogP contribution is 2.29. The fourth-order valence-corrected chi connectivity index (χ4v) is 5.36. The first kappa shape index (κ1) is 32.3. The van der Waals surface area contributed by atoms with Gasteiger partial charge in [-0.3, -0.25) is 9.36 Å². The number of ether oxygens (including phenoxy) is 1. The number of aromatic nitrogens is 4. The molecule has 46 heavy (non-hydrogen) atoms. The Morgan fingerprint density at radius 3 is 2.46 bits per heavy atom. The number of fused-ring (bicyclic) bond motifs is 1. The van der Waals surface area contributed by atoms with Gasteiger partial charge in [0.15, 0.2) is 5.82 Å². The van der Waals surface area contributed by atoms with Gasteiger partial charge in [-0.2, -0.15) is 20.5 Å². The first-order chi connectivity index (χ1) is 22.4. The van der Waals surface area contributed by atoms with Gasteiger partial charge in [0, 0.05) is 31.6 Å². The van der Waals surface area contributed by atoms with Crippen LogP contribution in [0.4, 0.5) is 20.5 Å². The number of carbonyl (C=O) groups is 1. The summed E-state index contributed by atoms with van der Waals surface area (Å²) in [6, 6.07) is 19.1. The molecule has 2 unspecified atom stereocenters. The van der Waals surface area contributed by atoms with Crippen molar-refractivity contribution in [1.82, 2.24) is 24.8 Å². The van der Waals surface area contributed by atoms with E-state index in [-0.39, 0.29) is 30.1 Å². The Labute approximate surface area is 265 Å². The van der Waals surface area contributed by atoms with Crippen LogP contribution in [0.2, 0.25) is 0 Å². The number of aryl methyl sites for hydroxylation is 1. The molecular formula is C33H35F2N9O2. The van der Waals surface area contributed by atoms with Crippen LogP contribution in [0.25, 0.3) is 16.9 Å². The van der Waals surface area contributed by atoms with E-state index in [9.17, 15) is 18.8 Å². The Kier molecular flexibility index (Phi) is 10.7. The molecule has 2 aromatic carbocycles. The molecule has 0 aliphatic carbocycles. The van der Waals surface area contributed by atoms with Crippen molar-refractivity contribution in [3.63, 3.8) is 0 Å². The topological polar surface area (TPSA) is 145 Å². The van der Waals surface area contributed by atoms with E-state index >= 15 is 0 Å². The fourth-order valence-electron chi connectivity index (χ4n) is 5.36. The van der Waals surface area contributed by atoms with Crippen molar-refractivity contribution in [3.05, 3.63) is 71.5 Å². The Morgan fingerprint density at radius 1 is 1.02 bits per heavy atom. The van der Waals surface area contributed by atoms with Crippen LogP contribution in [0, 0.1) is 22.7 Å². The molecule has 2 aromatic heterocycles. The maximum absolute atomic E-state index is 14.2. The van der Waals surface area contributed by atoms with Crippen molar-refractivity contribution in [2.24, 2.45) is 0 Å². The number of nitrogens with one attached hydrogen (secondary N) is 2. The summed E-state index contributed by atoms with van der Waals surface area (Å²) in [7, 11) is 0. The van der Waals surface area contributed by atoms with Crippen molar-refractivity contribution in [3.8, 4) is 18.0 Å². The van der Waals surface area contributed by atoms with E-state index < -0.39 is 18.3 Å². The lowest BCUT2D eigenvalue weighted by molar-refractivity contribution is -0.121. The van der Waals surface area contributed by atoms with Gasteiger partial charge in [0.25, 0.3) is 6.43 Å². The summed E-state index contributed by atoms with van der Waals surface area (Å²) in [5.74, 6) is 0.474. The molecule has 4 aromatic rings. The summed E-state index contributed by atoms with van der Waals surface area (Å²) in [6.45, 7) is 4.21. The van der Waals surface area contributed by atoms with E-state index in [2.05, 4.69) is 32.7 Å². The van der Waals surface area contributed by atoms with E-state index in [0.717, 1.165) is 5.56 Å². The molecule has 1 amide bonds. The van der Waals surface area contributed by atoms with Crippen molar-refractivity contribution in [2.45, 2.75) is 57.5 Å². The van der Waals surface area contributed by atoms with Crippen LogP contribution in [0.5, 0.6) is 0 Å². The van der Waals surface area contributed by atoms with Gasteiger partial charge in [-0.1, -0.05) is 31.2 Å².